The van der Waals surface area contributed by atoms with Gasteiger partial charge in [-0.05, 0) is 42.8 Å². The van der Waals surface area contributed by atoms with E-state index in [0.29, 0.717) is 24.5 Å². The van der Waals surface area contributed by atoms with Crippen molar-refractivity contribution in [3.8, 4) is 5.75 Å². The number of methoxy groups -OCH3 is 1. The minimum Gasteiger partial charge on any atom is -0.482 e. The van der Waals surface area contributed by atoms with E-state index in [4.69, 9.17) is 4.74 Å². The third-order valence-electron chi connectivity index (χ3n) is 4.66. The van der Waals surface area contributed by atoms with E-state index >= 15 is 0 Å². The number of hydrogen-bond donors (Lipinski definition) is 1. The first-order chi connectivity index (χ1) is 14.5. The van der Waals surface area contributed by atoms with Gasteiger partial charge in [-0.3, -0.25) is 13.9 Å². The molecule has 30 heavy (non-hydrogen) atoms. The third kappa shape index (κ3) is 4.89. The molecule has 3 aromatic rings. The first kappa shape index (κ1) is 21.2. The minimum atomic E-state index is -0.470. The Hall–Kier alpha value is -3.55. The molecule has 0 bridgehead atoms. The summed E-state index contributed by atoms with van der Waals surface area (Å²) in [4.78, 5) is 36.2. The largest absolute Gasteiger partial charge is 0.482 e. The number of esters is 1. The van der Waals surface area contributed by atoms with Crippen LogP contribution in [0.1, 0.15) is 19.8 Å². The van der Waals surface area contributed by atoms with Crippen molar-refractivity contribution in [1.29, 1.82) is 0 Å². The fourth-order valence-electron chi connectivity index (χ4n) is 3.20. The molecule has 1 amide bonds. The highest BCUT2D eigenvalue weighted by Gasteiger charge is 2.13. The van der Waals surface area contributed by atoms with Crippen molar-refractivity contribution in [3.63, 3.8) is 0 Å². The van der Waals surface area contributed by atoms with Gasteiger partial charge in [0, 0.05) is 25.2 Å². The van der Waals surface area contributed by atoms with E-state index in [9.17, 15) is 14.4 Å². The van der Waals surface area contributed by atoms with Crippen LogP contribution in [0.4, 0.5) is 5.69 Å². The van der Waals surface area contributed by atoms with Gasteiger partial charge in [-0.15, -0.1) is 0 Å². The van der Waals surface area contributed by atoms with Gasteiger partial charge in [0.1, 0.15) is 5.75 Å². The maximum absolute atomic E-state index is 12.8. The Morgan fingerprint density at radius 1 is 0.967 bits per heavy atom. The number of rotatable bonds is 9. The fraction of sp³-hybridized carbons (Fsp3) is 0.318. The quantitative estimate of drug-likeness (QED) is 0.547. The predicted octanol–water partition coefficient (Wildman–Crippen LogP) is 2.79. The molecule has 1 aromatic heterocycles. The summed E-state index contributed by atoms with van der Waals surface area (Å²) in [5, 5.41) is 2.81. The molecule has 1 N–H and O–H groups in total. The molecule has 0 aliphatic heterocycles. The third-order valence-corrected chi connectivity index (χ3v) is 4.66. The lowest BCUT2D eigenvalue weighted by atomic mass is 10.2. The molecular weight excluding hydrogens is 386 g/mol. The number of nitrogens with one attached hydrogen (secondary N) is 1. The summed E-state index contributed by atoms with van der Waals surface area (Å²) in [6.07, 6.45) is 1.02. The van der Waals surface area contributed by atoms with Crippen LogP contribution in [0.3, 0.4) is 0 Å². The Balaban J connectivity index is 1.62. The van der Waals surface area contributed by atoms with Crippen molar-refractivity contribution in [2.75, 3.05) is 19.0 Å². The van der Waals surface area contributed by atoms with Gasteiger partial charge >= 0.3 is 11.7 Å². The van der Waals surface area contributed by atoms with E-state index in [1.54, 1.807) is 33.4 Å². The molecule has 1 heterocycles. The van der Waals surface area contributed by atoms with Crippen LogP contribution in [0, 0.1) is 0 Å². The number of aromatic nitrogens is 2. The summed E-state index contributed by atoms with van der Waals surface area (Å²) in [6, 6.07) is 14.3. The molecule has 0 saturated carbocycles. The molecule has 8 nitrogen and oxygen atoms in total. The van der Waals surface area contributed by atoms with Crippen LogP contribution in [-0.4, -0.2) is 34.7 Å². The second-order valence-corrected chi connectivity index (χ2v) is 6.76. The van der Waals surface area contributed by atoms with Crippen LogP contribution in [0.2, 0.25) is 0 Å². The van der Waals surface area contributed by atoms with Gasteiger partial charge in [0.25, 0.3) is 0 Å². The Labute approximate surface area is 174 Å². The summed E-state index contributed by atoms with van der Waals surface area (Å²) < 4.78 is 13.2. The Bertz CT molecular complexity index is 1080. The Morgan fingerprint density at radius 2 is 1.60 bits per heavy atom. The van der Waals surface area contributed by atoms with Crippen molar-refractivity contribution in [2.24, 2.45) is 0 Å². The maximum atomic E-state index is 12.8. The van der Waals surface area contributed by atoms with Crippen LogP contribution in [-0.2, 0) is 27.4 Å². The molecule has 0 aliphatic rings. The highest BCUT2D eigenvalue weighted by molar-refractivity contribution is 5.90. The van der Waals surface area contributed by atoms with Crippen LogP contribution >= 0.6 is 0 Å². The molecule has 8 heteroatoms. The summed E-state index contributed by atoms with van der Waals surface area (Å²) >= 11 is 0. The lowest BCUT2D eigenvalue weighted by Crippen LogP contribution is -2.26. The predicted molar refractivity (Wildman–Crippen MR) is 114 cm³/mol. The normalized spacial score (nSPS) is 10.7. The lowest BCUT2D eigenvalue weighted by Gasteiger charge is -2.08. The standard InChI is InChI=1S/C22H25N3O5/c1-3-13-24-18-6-4-5-7-19(18)25(22(24)28)14-12-20(26)23-16-8-10-17(11-9-16)30-15-21(27)29-2/h4-11H,3,12-15H2,1-2H3,(H,23,26). The van der Waals surface area contributed by atoms with Crippen molar-refractivity contribution >= 4 is 28.6 Å². The number of hydrogen-bond acceptors (Lipinski definition) is 5. The zero-order valence-electron chi connectivity index (χ0n) is 17.1. The van der Waals surface area contributed by atoms with Gasteiger partial charge in [-0.1, -0.05) is 19.1 Å². The smallest absolute Gasteiger partial charge is 0.343 e. The molecule has 2 aromatic carbocycles. The molecule has 0 atom stereocenters. The van der Waals surface area contributed by atoms with Gasteiger partial charge < -0.3 is 14.8 Å². The van der Waals surface area contributed by atoms with Crippen LogP contribution in [0.5, 0.6) is 5.75 Å². The highest BCUT2D eigenvalue weighted by atomic mass is 16.6. The number of imidazole rings is 1. The monoisotopic (exact) mass is 411 g/mol. The number of fused-ring (bicyclic) bond motifs is 1. The van der Waals surface area contributed by atoms with E-state index in [-0.39, 0.29) is 24.6 Å². The van der Waals surface area contributed by atoms with Gasteiger partial charge in [0.05, 0.1) is 18.1 Å². The van der Waals surface area contributed by atoms with E-state index in [2.05, 4.69) is 10.1 Å². The van der Waals surface area contributed by atoms with E-state index in [0.717, 1.165) is 17.5 Å². The molecule has 0 spiro atoms. The zero-order chi connectivity index (χ0) is 21.5. The van der Waals surface area contributed by atoms with Crippen molar-refractivity contribution in [3.05, 3.63) is 59.0 Å². The van der Waals surface area contributed by atoms with Gasteiger partial charge in [0.2, 0.25) is 5.91 Å². The summed E-state index contributed by atoms with van der Waals surface area (Å²) in [5.41, 5.74) is 2.22. The van der Waals surface area contributed by atoms with E-state index in [1.165, 1.54) is 7.11 Å². The number of anilines is 1. The van der Waals surface area contributed by atoms with Gasteiger partial charge in [-0.2, -0.15) is 0 Å². The van der Waals surface area contributed by atoms with Crippen LogP contribution < -0.4 is 15.7 Å². The van der Waals surface area contributed by atoms with Gasteiger partial charge in [-0.25, -0.2) is 9.59 Å². The lowest BCUT2D eigenvalue weighted by molar-refractivity contribution is -0.142. The highest BCUT2D eigenvalue weighted by Crippen LogP contribution is 2.17. The minimum absolute atomic E-state index is 0.0991. The number of benzene rings is 2. The van der Waals surface area contributed by atoms with E-state index < -0.39 is 5.97 Å². The molecular formula is C22H25N3O5. The molecule has 0 aliphatic carbocycles. The van der Waals surface area contributed by atoms with Crippen LogP contribution in [0.25, 0.3) is 11.0 Å². The van der Waals surface area contributed by atoms with Crippen LogP contribution in [0.15, 0.2) is 53.3 Å². The SMILES string of the molecule is CCCn1c(=O)n(CCC(=O)Nc2ccc(OCC(=O)OC)cc2)c2ccccc21. The summed E-state index contributed by atoms with van der Waals surface area (Å²) in [5.74, 6) is -0.172. The van der Waals surface area contributed by atoms with E-state index in [1.807, 2.05) is 31.2 Å². The topological polar surface area (TPSA) is 91.6 Å². The molecule has 0 radical (unpaired) electrons. The molecule has 158 valence electrons. The first-order valence-electron chi connectivity index (χ1n) is 9.81. The number of carbonyl (C=O) groups is 2. The summed E-state index contributed by atoms with van der Waals surface area (Å²) in [6.45, 7) is 2.78. The zero-order valence-corrected chi connectivity index (χ0v) is 17.1. The second-order valence-electron chi connectivity index (χ2n) is 6.76. The number of carbonyl (C=O) groups excluding carboxylic acids is 2. The number of ether oxygens (including phenoxy) is 2. The van der Waals surface area contributed by atoms with Crippen molar-refractivity contribution in [1.82, 2.24) is 9.13 Å². The Kier molecular flexibility index (Phi) is 6.90. The first-order valence-corrected chi connectivity index (χ1v) is 9.81. The molecule has 3 rings (SSSR count). The average Bonchev–Trinajstić information content (AvgIpc) is 3.03. The second kappa shape index (κ2) is 9.78. The number of aryl methyl sites for hydroxylation is 2. The fourth-order valence-corrected chi connectivity index (χ4v) is 3.20. The molecule has 0 unspecified atom stereocenters. The van der Waals surface area contributed by atoms with Gasteiger partial charge in [0.15, 0.2) is 6.61 Å². The summed E-state index contributed by atoms with van der Waals surface area (Å²) in [7, 11) is 1.29. The number of nitrogens with zero attached hydrogens (tertiary/aromatic N) is 2. The molecule has 0 saturated heterocycles. The number of para-hydroxylation sites is 2. The Morgan fingerprint density at radius 3 is 2.20 bits per heavy atom. The van der Waals surface area contributed by atoms with Crippen molar-refractivity contribution in [2.45, 2.75) is 32.9 Å². The molecule has 0 fully saturated rings. The van der Waals surface area contributed by atoms with Crippen molar-refractivity contribution < 1.29 is 19.1 Å². The number of amides is 1. The maximum Gasteiger partial charge on any atom is 0.343 e. The average molecular weight is 411 g/mol.